The summed E-state index contributed by atoms with van der Waals surface area (Å²) in [5, 5.41) is 3.20. The monoisotopic (exact) mass is 425 g/mol. The van der Waals surface area contributed by atoms with Crippen molar-refractivity contribution in [3.05, 3.63) is 40.7 Å². The molecular weight excluding hydrogens is 402 g/mol. The van der Waals surface area contributed by atoms with Crippen molar-refractivity contribution in [2.45, 2.75) is 31.1 Å². The van der Waals surface area contributed by atoms with Crippen LogP contribution in [0.2, 0.25) is 5.02 Å². The molecule has 28 heavy (non-hydrogen) atoms. The van der Waals surface area contributed by atoms with E-state index in [-0.39, 0.29) is 10.6 Å². The number of halogens is 1. The van der Waals surface area contributed by atoms with Gasteiger partial charge in [0, 0.05) is 30.9 Å². The maximum Gasteiger partial charge on any atom is 0.272 e. The molecule has 1 fully saturated rings. The lowest BCUT2D eigenvalue weighted by atomic mass is 10.2. The van der Waals surface area contributed by atoms with Crippen LogP contribution in [0.5, 0.6) is 5.75 Å². The van der Waals surface area contributed by atoms with E-state index in [1.54, 1.807) is 36.7 Å². The average Bonchev–Trinajstić information content (AvgIpc) is 2.98. The highest BCUT2D eigenvalue weighted by molar-refractivity contribution is 7.89. The topological polar surface area (TPSA) is 80.6 Å². The molecule has 0 saturated carbocycles. The number of amides is 1. The average molecular weight is 426 g/mol. The summed E-state index contributed by atoms with van der Waals surface area (Å²) in [4.78, 5) is 13.0. The van der Waals surface area contributed by atoms with Gasteiger partial charge in [0.05, 0.1) is 12.8 Å². The summed E-state index contributed by atoms with van der Waals surface area (Å²) in [7, 11) is -0.463. The summed E-state index contributed by atoms with van der Waals surface area (Å²) in [5.74, 6) is 0.0242. The van der Waals surface area contributed by atoms with Crippen LogP contribution in [-0.2, 0) is 17.1 Å². The number of nitrogens with one attached hydrogen (secondary N) is 1. The molecule has 2 aromatic rings. The molecule has 0 radical (unpaired) electrons. The second-order valence-electron chi connectivity index (χ2n) is 6.80. The number of carbonyl (C=O) groups is 1. The van der Waals surface area contributed by atoms with Crippen molar-refractivity contribution in [3.63, 3.8) is 0 Å². The predicted molar refractivity (Wildman–Crippen MR) is 109 cm³/mol. The van der Waals surface area contributed by atoms with Crippen LogP contribution in [-0.4, -0.2) is 43.4 Å². The molecule has 2 heterocycles. The first-order valence-corrected chi connectivity index (χ1v) is 10.9. The van der Waals surface area contributed by atoms with Gasteiger partial charge in [0.15, 0.2) is 0 Å². The van der Waals surface area contributed by atoms with Gasteiger partial charge in [-0.15, -0.1) is 0 Å². The van der Waals surface area contributed by atoms with Gasteiger partial charge in [-0.25, -0.2) is 8.42 Å². The standard InChI is InChI=1S/C19H24ClN3O4S/c1-13-18(28(25,26)23-9-5-4-6-10-23)12-16(22(13)2)19(24)21-15-11-14(20)7-8-17(15)27-3/h7-8,11-12H,4-6,9-10H2,1-3H3,(H,21,24). The smallest absolute Gasteiger partial charge is 0.272 e. The Morgan fingerprint density at radius 2 is 1.86 bits per heavy atom. The van der Waals surface area contributed by atoms with Gasteiger partial charge in [-0.1, -0.05) is 18.0 Å². The molecule has 1 aromatic carbocycles. The lowest BCUT2D eigenvalue weighted by Gasteiger charge is -2.25. The van der Waals surface area contributed by atoms with Gasteiger partial charge in [-0.2, -0.15) is 4.31 Å². The van der Waals surface area contributed by atoms with Crippen molar-refractivity contribution in [2.24, 2.45) is 7.05 Å². The van der Waals surface area contributed by atoms with Crippen LogP contribution in [0.25, 0.3) is 0 Å². The first-order chi connectivity index (χ1) is 13.3. The van der Waals surface area contributed by atoms with Crippen LogP contribution >= 0.6 is 11.6 Å². The zero-order chi connectivity index (χ0) is 20.5. The number of hydrogen-bond acceptors (Lipinski definition) is 4. The number of methoxy groups -OCH3 is 1. The molecule has 152 valence electrons. The molecule has 9 heteroatoms. The minimum atomic E-state index is -3.63. The second-order valence-corrected chi connectivity index (χ2v) is 9.14. The van der Waals surface area contributed by atoms with Crippen molar-refractivity contribution in [1.29, 1.82) is 0 Å². The number of aromatic nitrogens is 1. The molecular formula is C19H24ClN3O4S. The number of anilines is 1. The fraction of sp³-hybridized carbons (Fsp3) is 0.421. The van der Waals surface area contributed by atoms with Gasteiger partial charge >= 0.3 is 0 Å². The normalized spacial score (nSPS) is 15.4. The van der Waals surface area contributed by atoms with Gasteiger partial charge in [0.1, 0.15) is 16.3 Å². The fourth-order valence-corrected chi connectivity index (χ4v) is 5.32. The maximum absolute atomic E-state index is 13.0. The largest absolute Gasteiger partial charge is 0.495 e. The minimum absolute atomic E-state index is 0.167. The quantitative estimate of drug-likeness (QED) is 0.795. The first-order valence-electron chi connectivity index (χ1n) is 9.07. The summed E-state index contributed by atoms with van der Waals surface area (Å²) < 4.78 is 34.4. The van der Waals surface area contributed by atoms with Gasteiger partial charge in [0.2, 0.25) is 10.0 Å². The SMILES string of the molecule is COc1ccc(Cl)cc1NC(=O)c1cc(S(=O)(=O)N2CCCCC2)c(C)n1C. The highest BCUT2D eigenvalue weighted by Crippen LogP contribution is 2.30. The Morgan fingerprint density at radius 1 is 1.18 bits per heavy atom. The van der Waals surface area contributed by atoms with Crippen molar-refractivity contribution in [3.8, 4) is 5.75 Å². The lowest BCUT2D eigenvalue weighted by Crippen LogP contribution is -2.35. The third-order valence-corrected chi connectivity index (χ3v) is 7.31. The summed E-state index contributed by atoms with van der Waals surface area (Å²) in [6.45, 7) is 2.73. The van der Waals surface area contributed by atoms with Crippen LogP contribution in [0.3, 0.4) is 0 Å². The van der Waals surface area contributed by atoms with Crippen LogP contribution in [0, 0.1) is 6.92 Å². The summed E-state index contributed by atoms with van der Waals surface area (Å²) >= 11 is 6.01. The van der Waals surface area contributed by atoms with Gasteiger partial charge in [-0.3, -0.25) is 4.79 Å². The van der Waals surface area contributed by atoms with E-state index in [2.05, 4.69) is 5.32 Å². The Hall–Kier alpha value is -2.03. The van der Waals surface area contributed by atoms with Crippen molar-refractivity contribution in [2.75, 3.05) is 25.5 Å². The minimum Gasteiger partial charge on any atom is -0.495 e. The van der Waals surface area contributed by atoms with Gasteiger partial charge in [-0.05, 0) is 44.0 Å². The first kappa shape index (κ1) is 20.7. The molecule has 1 amide bonds. The van der Waals surface area contributed by atoms with Crippen molar-refractivity contribution < 1.29 is 17.9 Å². The van der Waals surface area contributed by atoms with E-state index in [1.807, 2.05) is 0 Å². The maximum atomic E-state index is 13.0. The van der Waals surface area contributed by atoms with E-state index in [9.17, 15) is 13.2 Å². The van der Waals surface area contributed by atoms with Crippen LogP contribution < -0.4 is 10.1 Å². The molecule has 0 atom stereocenters. The van der Waals surface area contributed by atoms with E-state index in [4.69, 9.17) is 16.3 Å². The molecule has 1 saturated heterocycles. The van der Waals surface area contributed by atoms with E-state index in [0.29, 0.717) is 35.2 Å². The molecule has 0 bridgehead atoms. The molecule has 1 aliphatic rings. The third-order valence-electron chi connectivity index (χ3n) is 5.06. The van der Waals surface area contributed by atoms with E-state index in [0.717, 1.165) is 19.3 Å². The summed E-state index contributed by atoms with van der Waals surface area (Å²) in [5.41, 5.74) is 1.18. The molecule has 1 aliphatic heterocycles. The number of benzene rings is 1. The number of sulfonamides is 1. The van der Waals surface area contributed by atoms with E-state index < -0.39 is 15.9 Å². The Bertz CT molecular complexity index is 995. The van der Waals surface area contributed by atoms with Crippen LogP contribution in [0.1, 0.15) is 35.4 Å². The molecule has 3 rings (SSSR count). The molecule has 0 aliphatic carbocycles. The molecule has 1 N–H and O–H groups in total. The fourth-order valence-electron chi connectivity index (χ4n) is 3.36. The Morgan fingerprint density at radius 3 is 2.50 bits per heavy atom. The van der Waals surface area contributed by atoms with Gasteiger partial charge < -0.3 is 14.6 Å². The Balaban J connectivity index is 1.93. The summed E-state index contributed by atoms with van der Waals surface area (Å²) in [6, 6.07) is 6.33. The van der Waals surface area contributed by atoms with Crippen molar-refractivity contribution >= 4 is 33.2 Å². The van der Waals surface area contributed by atoms with E-state index >= 15 is 0 Å². The zero-order valence-electron chi connectivity index (χ0n) is 16.2. The highest BCUT2D eigenvalue weighted by atomic mass is 35.5. The van der Waals surface area contributed by atoms with Crippen molar-refractivity contribution in [1.82, 2.24) is 8.87 Å². The Labute approximate surface area is 170 Å². The number of nitrogens with zero attached hydrogens (tertiary/aromatic N) is 2. The van der Waals surface area contributed by atoms with Crippen LogP contribution in [0.4, 0.5) is 5.69 Å². The summed E-state index contributed by atoms with van der Waals surface area (Å²) in [6.07, 6.45) is 2.74. The third kappa shape index (κ3) is 3.90. The number of ether oxygens (including phenoxy) is 1. The lowest BCUT2D eigenvalue weighted by molar-refractivity contribution is 0.101. The number of rotatable bonds is 5. The molecule has 7 nitrogen and oxygen atoms in total. The number of hydrogen-bond donors (Lipinski definition) is 1. The zero-order valence-corrected chi connectivity index (χ0v) is 17.7. The highest BCUT2D eigenvalue weighted by Gasteiger charge is 2.31. The number of piperidine rings is 1. The van der Waals surface area contributed by atoms with E-state index in [1.165, 1.54) is 17.5 Å². The molecule has 1 aromatic heterocycles. The molecule has 0 unspecified atom stereocenters. The predicted octanol–water partition coefficient (Wildman–Crippen LogP) is 3.42. The Kier molecular flexibility index (Phi) is 6.02. The molecule has 0 spiro atoms. The number of carbonyl (C=O) groups excluding carboxylic acids is 1. The second kappa shape index (κ2) is 8.14. The van der Waals surface area contributed by atoms with Gasteiger partial charge in [0.25, 0.3) is 5.91 Å². The van der Waals surface area contributed by atoms with Crippen LogP contribution in [0.15, 0.2) is 29.2 Å².